The number of nitrogens with zero attached hydrogens (tertiary/aromatic N) is 2. The molecule has 0 unspecified atom stereocenters. The van der Waals surface area contributed by atoms with E-state index in [1.54, 1.807) is 6.07 Å². The summed E-state index contributed by atoms with van der Waals surface area (Å²) >= 11 is 0. The molecule has 0 aliphatic heterocycles. The zero-order valence-electron chi connectivity index (χ0n) is 13.7. The molecule has 0 aliphatic rings. The van der Waals surface area contributed by atoms with Gasteiger partial charge in [-0.3, -0.25) is 9.78 Å². The van der Waals surface area contributed by atoms with E-state index < -0.39 is 0 Å². The summed E-state index contributed by atoms with van der Waals surface area (Å²) in [4.78, 5) is 16.6. The van der Waals surface area contributed by atoms with Crippen LogP contribution in [-0.2, 0) is 6.54 Å². The molecule has 2 heterocycles. The fourth-order valence-electron chi connectivity index (χ4n) is 2.47. The quantitative estimate of drug-likeness (QED) is 0.781. The zero-order valence-corrected chi connectivity index (χ0v) is 13.7. The molecule has 3 rings (SSSR count). The fourth-order valence-corrected chi connectivity index (χ4v) is 2.47. The van der Waals surface area contributed by atoms with Crippen molar-refractivity contribution in [1.29, 1.82) is 0 Å². The number of rotatable bonds is 5. The highest BCUT2D eigenvalue weighted by Crippen LogP contribution is 2.23. The van der Waals surface area contributed by atoms with Gasteiger partial charge >= 0.3 is 0 Å². The summed E-state index contributed by atoms with van der Waals surface area (Å²) in [5.41, 5.74) is 3.59. The van der Waals surface area contributed by atoms with Crippen molar-refractivity contribution in [1.82, 2.24) is 15.5 Å². The third-order valence-electron chi connectivity index (χ3n) is 3.87. The summed E-state index contributed by atoms with van der Waals surface area (Å²) in [6, 6.07) is 17.4. The number of benzene rings is 1. The third kappa shape index (κ3) is 3.68. The van der Waals surface area contributed by atoms with Gasteiger partial charge in [0, 0.05) is 17.7 Å². The molecule has 0 spiro atoms. The molecule has 0 radical (unpaired) electrons. The summed E-state index contributed by atoms with van der Waals surface area (Å²) in [6.45, 7) is 4.30. The van der Waals surface area contributed by atoms with Crippen molar-refractivity contribution in [2.75, 3.05) is 0 Å². The van der Waals surface area contributed by atoms with Gasteiger partial charge in [-0.2, -0.15) is 0 Å². The molecule has 24 heavy (non-hydrogen) atoms. The first-order valence-electron chi connectivity index (χ1n) is 7.86. The standard InChI is InChI=1S/C19H19N3O2/c1-13-7-6-10-16(21-13)12-20-19(23)18-11-17(22-24-18)14(2)15-8-4-3-5-9-15/h3-11,14H,12H2,1-2H3,(H,20,23)/t14-/m0/s1. The van der Waals surface area contributed by atoms with Crippen molar-refractivity contribution < 1.29 is 9.32 Å². The maximum atomic E-state index is 12.2. The Balaban J connectivity index is 1.65. The van der Waals surface area contributed by atoms with Gasteiger partial charge in [0.05, 0.1) is 17.9 Å². The van der Waals surface area contributed by atoms with Crippen LogP contribution in [0.4, 0.5) is 0 Å². The molecule has 1 atom stereocenters. The van der Waals surface area contributed by atoms with Crippen LogP contribution in [0.5, 0.6) is 0 Å². The Morgan fingerprint density at radius 3 is 2.71 bits per heavy atom. The molecule has 0 fully saturated rings. The first-order valence-corrected chi connectivity index (χ1v) is 7.86. The second-order valence-electron chi connectivity index (χ2n) is 5.70. The lowest BCUT2D eigenvalue weighted by Gasteiger charge is -2.06. The predicted molar refractivity (Wildman–Crippen MR) is 90.6 cm³/mol. The van der Waals surface area contributed by atoms with Crippen LogP contribution in [0.1, 0.15) is 46.0 Å². The molecule has 0 saturated heterocycles. The van der Waals surface area contributed by atoms with E-state index in [2.05, 4.69) is 15.5 Å². The molecule has 1 N–H and O–H groups in total. The van der Waals surface area contributed by atoms with Crippen molar-refractivity contribution in [3.05, 3.63) is 83.0 Å². The van der Waals surface area contributed by atoms with Crippen LogP contribution in [0, 0.1) is 6.92 Å². The Morgan fingerprint density at radius 2 is 1.96 bits per heavy atom. The zero-order chi connectivity index (χ0) is 16.9. The smallest absolute Gasteiger partial charge is 0.290 e. The first-order chi connectivity index (χ1) is 11.6. The lowest BCUT2D eigenvalue weighted by molar-refractivity contribution is 0.0913. The Kier molecular flexibility index (Phi) is 4.70. The number of carbonyl (C=O) groups is 1. The van der Waals surface area contributed by atoms with E-state index in [-0.39, 0.29) is 17.6 Å². The van der Waals surface area contributed by atoms with E-state index in [1.807, 2.05) is 62.4 Å². The van der Waals surface area contributed by atoms with Gasteiger partial charge in [-0.25, -0.2) is 0 Å². The summed E-state index contributed by atoms with van der Waals surface area (Å²) in [7, 11) is 0. The third-order valence-corrected chi connectivity index (χ3v) is 3.87. The van der Waals surface area contributed by atoms with Gasteiger partial charge in [-0.1, -0.05) is 48.5 Å². The molecule has 1 aromatic carbocycles. The molecule has 5 heteroatoms. The number of amides is 1. The molecule has 3 aromatic rings. The van der Waals surface area contributed by atoms with E-state index in [4.69, 9.17) is 4.52 Å². The Bertz CT molecular complexity index is 827. The van der Waals surface area contributed by atoms with Crippen molar-refractivity contribution >= 4 is 5.91 Å². The second kappa shape index (κ2) is 7.08. The van der Waals surface area contributed by atoms with Crippen molar-refractivity contribution in [3.63, 3.8) is 0 Å². The van der Waals surface area contributed by atoms with Gasteiger partial charge in [0.2, 0.25) is 5.76 Å². The van der Waals surface area contributed by atoms with Gasteiger partial charge in [0.15, 0.2) is 0 Å². The van der Waals surface area contributed by atoms with E-state index in [0.29, 0.717) is 6.54 Å². The first kappa shape index (κ1) is 15.9. The number of aryl methyl sites for hydroxylation is 1. The van der Waals surface area contributed by atoms with Crippen molar-refractivity contribution in [3.8, 4) is 0 Å². The van der Waals surface area contributed by atoms with Gasteiger partial charge in [0.1, 0.15) is 0 Å². The molecule has 2 aromatic heterocycles. The molecule has 0 bridgehead atoms. The Labute approximate surface area is 140 Å². The molecule has 0 saturated carbocycles. The van der Waals surface area contributed by atoms with Gasteiger partial charge in [0.25, 0.3) is 5.91 Å². The number of aromatic nitrogens is 2. The molecular formula is C19H19N3O2. The monoisotopic (exact) mass is 321 g/mol. The second-order valence-corrected chi connectivity index (χ2v) is 5.70. The number of pyridine rings is 1. The predicted octanol–water partition coefficient (Wildman–Crippen LogP) is 3.46. The van der Waals surface area contributed by atoms with E-state index in [1.165, 1.54) is 0 Å². The van der Waals surface area contributed by atoms with Crippen LogP contribution in [-0.4, -0.2) is 16.0 Å². The normalized spacial score (nSPS) is 11.9. The average molecular weight is 321 g/mol. The Hall–Kier alpha value is -2.95. The lowest BCUT2D eigenvalue weighted by atomic mass is 9.98. The SMILES string of the molecule is Cc1cccc(CNC(=O)c2cc([C@@H](C)c3ccccc3)no2)n1. The van der Waals surface area contributed by atoms with Gasteiger partial charge in [-0.15, -0.1) is 0 Å². The minimum absolute atomic E-state index is 0.0648. The van der Waals surface area contributed by atoms with Crippen LogP contribution < -0.4 is 5.32 Å². The largest absolute Gasteiger partial charge is 0.351 e. The van der Waals surface area contributed by atoms with Crippen LogP contribution in [0.3, 0.4) is 0 Å². The Morgan fingerprint density at radius 1 is 1.17 bits per heavy atom. The van der Waals surface area contributed by atoms with E-state index in [0.717, 1.165) is 22.6 Å². The maximum Gasteiger partial charge on any atom is 0.290 e. The number of nitrogens with one attached hydrogen (secondary N) is 1. The van der Waals surface area contributed by atoms with Crippen molar-refractivity contribution in [2.24, 2.45) is 0 Å². The van der Waals surface area contributed by atoms with Crippen LogP contribution in [0.15, 0.2) is 59.1 Å². The van der Waals surface area contributed by atoms with Gasteiger partial charge in [-0.05, 0) is 24.6 Å². The summed E-state index contributed by atoms with van der Waals surface area (Å²) < 4.78 is 5.20. The van der Waals surface area contributed by atoms with E-state index in [9.17, 15) is 4.79 Å². The van der Waals surface area contributed by atoms with Crippen molar-refractivity contribution in [2.45, 2.75) is 26.3 Å². The number of carbonyl (C=O) groups excluding carboxylic acids is 1. The highest BCUT2D eigenvalue weighted by molar-refractivity contribution is 5.91. The maximum absolute atomic E-state index is 12.2. The van der Waals surface area contributed by atoms with Gasteiger partial charge < -0.3 is 9.84 Å². The summed E-state index contributed by atoms with van der Waals surface area (Å²) in [5, 5.41) is 6.83. The molecule has 0 aliphatic carbocycles. The number of hydrogen-bond donors (Lipinski definition) is 1. The number of hydrogen-bond acceptors (Lipinski definition) is 4. The van der Waals surface area contributed by atoms with E-state index >= 15 is 0 Å². The lowest BCUT2D eigenvalue weighted by Crippen LogP contribution is -2.22. The molecule has 5 nitrogen and oxygen atoms in total. The minimum atomic E-state index is -0.294. The topological polar surface area (TPSA) is 68.0 Å². The molecular weight excluding hydrogens is 302 g/mol. The average Bonchev–Trinajstić information content (AvgIpc) is 3.10. The van der Waals surface area contributed by atoms with Crippen LogP contribution in [0.2, 0.25) is 0 Å². The summed E-state index contributed by atoms with van der Waals surface area (Å²) in [5.74, 6) is -0.0207. The van der Waals surface area contributed by atoms with Crippen LogP contribution >= 0.6 is 0 Å². The molecule has 122 valence electrons. The minimum Gasteiger partial charge on any atom is -0.351 e. The molecule has 1 amide bonds. The highest BCUT2D eigenvalue weighted by atomic mass is 16.5. The van der Waals surface area contributed by atoms with Crippen LogP contribution in [0.25, 0.3) is 0 Å². The fraction of sp³-hybridized carbons (Fsp3) is 0.211. The summed E-state index contributed by atoms with van der Waals surface area (Å²) in [6.07, 6.45) is 0. The highest BCUT2D eigenvalue weighted by Gasteiger charge is 2.17.